The molecule has 0 aromatic rings. The van der Waals surface area contributed by atoms with Gasteiger partial charge in [-0.3, -0.25) is 9.59 Å². The largest absolute Gasteiger partial charge is 1.00 e. The van der Waals surface area contributed by atoms with Gasteiger partial charge in [0.05, 0.1) is 18.4 Å². The van der Waals surface area contributed by atoms with E-state index in [-0.39, 0.29) is 48.6 Å². The zero-order valence-corrected chi connectivity index (χ0v) is 16.0. The standard InChI is InChI=1S/C11H22N3O6P.Na/c1-7(9(17)18)13-10(19)11(2,12)14-8(16)4-3-5-21(20)6-15;/h7,15,21H,3-6,12H2,1-2H3,(H,13,19)(H,14,16)(H,17,18);/q;+1/p-1/t7-,11-;/m0./s1. The van der Waals surface area contributed by atoms with Gasteiger partial charge in [0.1, 0.15) is 7.80 Å². The van der Waals surface area contributed by atoms with Crippen LogP contribution in [0.15, 0.2) is 0 Å². The Hall–Kier alpha value is -0.440. The first-order chi connectivity index (χ1) is 9.60. The topological polar surface area (TPSA) is 162 Å². The maximum atomic E-state index is 11.7. The molecule has 0 aromatic carbocycles. The van der Waals surface area contributed by atoms with Crippen LogP contribution >= 0.6 is 7.80 Å². The van der Waals surface area contributed by atoms with Gasteiger partial charge in [-0.25, -0.2) is 0 Å². The molecular weight excluding hydrogens is 324 g/mol. The zero-order chi connectivity index (χ0) is 16.6. The van der Waals surface area contributed by atoms with Gasteiger partial charge in [0.2, 0.25) is 5.91 Å². The number of aliphatic hydroxyl groups excluding tert-OH is 1. The van der Waals surface area contributed by atoms with E-state index in [1.54, 1.807) is 0 Å². The van der Waals surface area contributed by atoms with E-state index in [0.29, 0.717) is 0 Å². The minimum absolute atomic E-state index is 0. The Morgan fingerprint density at radius 1 is 1.41 bits per heavy atom. The molecule has 0 aliphatic rings. The molecule has 2 amide bonds. The van der Waals surface area contributed by atoms with Crippen LogP contribution in [0.25, 0.3) is 0 Å². The summed E-state index contributed by atoms with van der Waals surface area (Å²) in [6.07, 6.45) is 0.109. The molecule has 122 valence electrons. The predicted octanol–water partition coefficient (Wildman–Crippen LogP) is -5.67. The summed E-state index contributed by atoms with van der Waals surface area (Å²) in [6, 6.07) is -1.24. The van der Waals surface area contributed by atoms with E-state index in [4.69, 9.17) is 10.8 Å². The summed E-state index contributed by atoms with van der Waals surface area (Å²) in [7, 11) is -2.07. The van der Waals surface area contributed by atoms with Crippen molar-refractivity contribution in [3.63, 3.8) is 0 Å². The van der Waals surface area contributed by atoms with Crippen molar-refractivity contribution < 1.29 is 58.7 Å². The first-order valence-electron chi connectivity index (χ1n) is 6.34. The number of carbonyl (C=O) groups is 3. The van der Waals surface area contributed by atoms with Crippen molar-refractivity contribution in [2.24, 2.45) is 5.73 Å². The minimum atomic E-state index is -2.07. The average Bonchev–Trinajstić information content (AvgIpc) is 2.37. The summed E-state index contributed by atoms with van der Waals surface area (Å²) in [6.45, 7) is 2.43. The summed E-state index contributed by atoms with van der Waals surface area (Å²) in [5.41, 5.74) is 3.84. The van der Waals surface area contributed by atoms with E-state index in [9.17, 15) is 24.1 Å². The maximum Gasteiger partial charge on any atom is 1.00 e. The van der Waals surface area contributed by atoms with Crippen molar-refractivity contribution in [3.05, 3.63) is 0 Å². The number of nitrogens with two attached hydrogens (primary N) is 1. The second-order valence-electron chi connectivity index (χ2n) is 4.82. The van der Waals surface area contributed by atoms with E-state index < -0.39 is 43.6 Å². The van der Waals surface area contributed by atoms with E-state index >= 15 is 0 Å². The second kappa shape index (κ2) is 11.2. The molecule has 5 N–H and O–H groups in total. The fraction of sp³-hybridized carbons (Fsp3) is 0.727. The maximum absolute atomic E-state index is 11.7. The van der Waals surface area contributed by atoms with Crippen LogP contribution in [0, 0.1) is 0 Å². The van der Waals surface area contributed by atoms with E-state index in [1.807, 2.05) is 0 Å². The number of rotatable bonds is 9. The molecule has 0 spiro atoms. The van der Waals surface area contributed by atoms with Crippen LogP contribution in [-0.2, 0) is 18.9 Å². The number of hydrogen-bond acceptors (Lipinski definition) is 7. The fourth-order valence-corrected chi connectivity index (χ4v) is 2.07. The molecule has 3 atom stereocenters. The number of nitrogens with one attached hydrogen (secondary N) is 2. The van der Waals surface area contributed by atoms with Gasteiger partial charge in [-0.05, 0) is 20.3 Å². The smallest absolute Gasteiger partial charge is 0.548 e. The number of aliphatic carboxylic acids is 1. The molecule has 0 saturated carbocycles. The summed E-state index contributed by atoms with van der Waals surface area (Å²) in [4.78, 5) is 33.8. The molecule has 9 nitrogen and oxygen atoms in total. The monoisotopic (exact) mass is 345 g/mol. The molecule has 0 radical (unpaired) electrons. The van der Waals surface area contributed by atoms with Crippen molar-refractivity contribution >= 4 is 25.6 Å². The molecular formula is C11H21N3NaO6P. The van der Waals surface area contributed by atoms with Crippen LogP contribution in [0.1, 0.15) is 26.7 Å². The Labute approximate surface area is 151 Å². The van der Waals surface area contributed by atoms with Crippen LogP contribution in [0.4, 0.5) is 0 Å². The third-order valence-corrected chi connectivity index (χ3v) is 3.87. The zero-order valence-electron chi connectivity index (χ0n) is 13.0. The van der Waals surface area contributed by atoms with Crippen molar-refractivity contribution in [2.75, 3.05) is 12.5 Å². The minimum Gasteiger partial charge on any atom is -0.548 e. The Morgan fingerprint density at radius 3 is 2.41 bits per heavy atom. The number of carbonyl (C=O) groups excluding carboxylic acids is 3. The molecule has 0 aliphatic carbocycles. The molecule has 0 heterocycles. The Bertz CT molecular complexity index is 432. The van der Waals surface area contributed by atoms with E-state index in [2.05, 4.69) is 10.6 Å². The van der Waals surface area contributed by atoms with Gasteiger partial charge < -0.3 is 35.9 Å². The summed E-state index contributed by atoms with van der Waals surface area (Å²) in [5.74, 6) is -2.87. The van der Waals surface area contributed by atoms with Gasteiger partial charge in [-0.15, -0.1) is 0 Å². The molecule has 0 fully saturated rings. The number of carboxylic acid groups (broad SMARTS) is 1. The molecule has 0 saturated heterocycles. The molecule has 11 heteroatoms. The first-order valence-corrected chi connectivity index (χ1v) is 8.16. The van der Waals surface area contributed by atoms with Crippen molar-refractivity contribution in [3.8, 4) is 0 Å². The average molecular weight is 345 g/mol. The first kappa shape index (κ1) is 23.8. The molecule has 0 rings (SSSR count). The molecule has 22 heavy (non-hydrogen) atoms. The van der Waals surface area contributed by atoms with Crippen LogP contribution < -0.4 is 51.0 Å². The van der Waals surface area contributed by atoms with E-state index in [1.165, 1.54) is 13.8 Å². The van der Waals surface area contributed by atoms with Crippen molar-refractivity contribution in [2.45, 2.75) is 38.4 Å². The van der Waals surface area contributed by atoms with Crippen molar-refractivity contribution in [1.29, 1.82) is 0 Å². The van der Waals surface area contributed by atoms with E-state index in [0.717, 1.165) is 0 Å². The predicted molar refractivity (Wildman–Crippen MR) is 73.5 cm³/mol. The Kier molecular flexibility index (Phi) is 12.1. The van der Waals surface area contributed by atoms with Crippen LogP contribution in [0.2, 0.25) is 0 Å². The van der Waals surface area contributed by atoms with Crippen molar-refractivity contribution in [1.82, 2.24) is 10.6 Å². The number of hydrogen-bond donors (Lipinski definition) is 4. The van der Waals surface area contributed by atoms with Gasteiger partial charge in [0.15, 0.2) is 5.66 Å². The second-order valence-corrected chi connectivity index (χ2v) is 6.71. The van der Waals surface area contributed by atoms with Gasteiger partial charge in [0, 0.05) is 12.6 Å². The third kappa shape index (κ3) is 9.55. The third-order valence-electron chi connectivity index (χ3n) is 2.61. The molecule has 0 aromatic heterocycles. The fourth-order valence-electron chi connectivity index (χ4n) is 1.34. The molecule has 0 aliphatic heterocycles. The van der Waals surface area contributed by atoms with Gasteiger partial charge in [-0.1, -0.05) is 0 Å². The van der Waals surface area contributed by atoms with Gasteiger partial charge in [0.25, 0.3) is 5.91 Å². The SMILES string of the molecule is C[C@H](NC(=O)[C@@](C)(N)NC(=O)CCC[PH](=O)CO)C(=O)[O-].[Na+]. The summed E-state index contributed by atoms with van der Waals surface area (Å²) < 4.78 is 11.0. The molecule has 1 unspecified atom stereocenters. The quantitative estimate of drug-likeness (QED) is 0.184. The number of carboxylic acids is 1. The molecule has 0 bridgehead atoms. The summed E-state index contributed by atoms with van der Waals surface area (Å²) in [5, 5.41) is 23.5. The van der Waals surface area contributed by atoms with Crippen LogP contribution in [0.3, 0.4) is 0 Å². The normalized spacial score (nSPS) is 15.6. The number of amides is 2. The van der Waals surface area contributed by atoms with Gasteiger partial charge >= 0.3 is 29.6 Å². The number of aliphatic hydroxyl groups is 1. The summed E-state index contributed by atoms with van der Waals surface area (Å²) >= 11 is 0. The Morgan fingerprint density at radius 2 is 1.95 bits per heavy atom. The van der Waals surface area contributed by atoms with Crippen LogP contribution in [-0.4, -0.2) is 47.1 Å². The van der Waals surface area contributed by atoms with Gasteiger partial charge in [-0.2, -0.15) is 0 Å². The van der Waals surface area contributed by atoms with Crippen LogP contribution in [0.5, 0.6) is 0 Å². The Balaban J connectivity index is 0.